The first-order valence-corrected chi connectivity index (χ1v) is 7.34. The molecule has 114 valence electrons. The van der Waals surface area contributed by atoms with Gasteiger partial charge in [-0.15, -0.1) is 12.4 Å². The Hall–Kier alpha value is -1.36. The first-order chi connectivity index (χ1) is 9.85. The Morgan fingerprint density at radius 2 is 2.10 bits per heavy atom. The molecule has 1 atom stereocenters. The van der Waals surface area contributed by atoms with Gasteiger partial charge in [0.05, 0.1) is 5.69 Å². The summed E-state index contributed by atoms with van der Waals surface area (Å²) in [5.41, 5.74) is 2.49. The van der Waals surface area contributed by atoms with E-state index >= 15 is 0 Å². The minimum absolute atomic E-state index is 0. The fraction of sp³-hybridized carbons (Fsp3) is 0.438. The van der Waals surface area contributed by atoms with Crippen LogP contribution >= 0.6 is 12.4 Å². The molecule has 4 nitrogen and oxygen atoms in total. The van der Waals surface area contributed by atoms with Gasteiger partial charge in [-0.05, 0) is 50.2 Å². The molecule has 0 radical (unpaired) electrons. The van der Waals surface area contributed by atoms with Crippen LogP contribution in [0.3, 0.4) is 0 Å². The molecule has 1 aliphatic heterocycles. The molecule has 1 N–H and O–H groups in total. The lowest BCUT2D eigenvalue weighted by Crippen LogP contribution is -2.43. The number of aromatic nitrogens is 2. The molecule has 1 aliphatic rings. The van der Waals surface area contributed by atoms with Crippen molar-refractivity contribution >= 4 is 12.4 Å². The van der Waals surface area contributed by atoms with Crippen LogP contribution < -0.4 is 5.32 Å². The average Bonchev–Trinajstić information content (AvgIpc) is 3.02. The Kier molecular flexibility index (Phi) is 5.79. The summed E-state index contributed by atoms with van der Waals surface area (Å²) in [6, 6.07) is 11.3. The number of hydrogen-bond acceptors (Lipinski definition) is 3. The maximum Gasteiger partial charge on any atom is 0.0645 e. The van der Waals surface area contributed by atoms with E-state index in [2.05, 4.69) is 46.6 Å². The number of likely N-dealkylation sites (N-methyl/N-ethyl adjacent to an activating group) is 1. The molecule has 1 aromatic heterocycles. The maximum atomic E-state index is 4.25. The van der Waals surface area contributed by atoms with E-state index in [1.54, 1.807) is 6.20 Å². The van der Waals surface area contributed by atoms with Gasteiger partial charge in [0.1, 0.15) is 0 Å². The lowest BCUT2D eigenvalue weighted by Gasteiger charge is -2.32. The van der Waals surface area contributed by atoms with Crippen LogP contribution in [0, 0.1) is 0 Å². The second-order valence-corrected chi connectivity index (χ2v) is 5.48. The van der Waals surface area contributed by atoms with Crippen LogP contribution in [0.2, 0.25) is 0 Å². The van der Waals surface area contributed by atoms with E-state index in [0.717, 1.165) is 18.8 Å². The quantitative estimate of drug-likeness (QED) is 0.942. The minimum Gasteiger partial charge on any atom is -0.316 e. The molecule has 5 heteroatoms. The first-order valence-electron chi connectivity index (χ1n) is 7.34. The zero-order chi connectivity index (χ0) is 13.8. The fourth-order valence-electron chi connectivity index (χ4n) is 2.87. The summed E-state index contributed by atoms with van der Waals surface area (Å²) in [5.74, 6) is 0. The number of piperidine rings is 1. The van der Waals surface area contributed by atoms with E-state index in [0.29, 0.717) is 6.04 Å². The molecule has 1 unspecified atom stereocenters. The molecular formula is C16H23ClN4. The van der Waals surface area contributed by atoms with Crippen LogP contribution in [-0.4, -0.2) is 40.9 Å². The molecule has 1 saturated heterocycles. The zero-order valence-corrected chi connectivity index (χ0v) is 13.2. The van der Waals surface area contributed by atoms with Crippen molar-refractivity contribution in [2.24, 2.45) is 0 Å². The van der Waals surface area contributed by atoms with Gasteiger partial charge in [-0.1, -0.05) is 12.1 Å². The van der Waals surface area contributed by atoms with Crippen LogP contribution in [0.5, 0.6) is 0 Å². The summed E-state index contributed by atoms with van der Waals surface area (Å²) >= 11 is 0. The smallest absolute Gasteiger partial charge is 0.0645 e. The minimum atomic E-state index is 0. The van der Waals surface area contributed by atoms with Crippen LogP contribution in [0.15, 0.2) is 42.7 Å². The molecular weight excluding hydrogens is 284 g/mol. The van der Waals surface area contributed by atoms with Gasteiger partial charge < -0.3 is 5.32 Å². The summed E-state index contributed by atoms with van der Waals surface area (Å²) in [7, 11) is 2.06. The molecule has 2 heterocycles. The van der Waals surface area contributed by atoms with E-state index in [1.165, 1.54) is 24.9 Å². The number of benzene rings is 1. The Labute approximate surface area is 132 Å². The summed E-state index contributed by atoms with van der Waals surface area (Å²) in [6.45, 7) is 3.40. The highest BCUT2D eigenvalue weighted by Gasteiger charge is 2.18. The van der Waals surface area contributed by atoms with E-state index in [4.69, 9.17) is 0 Å². The second kappa shape index (κ2) is 7.59. The lowest BCUT2D eigenvalue weighted by molar-refractivity contribution is 0.188. The largest absolute Gasteiger partial charge is 0.316 e. The van der Waals surface area contributed by atoms with Gasteiger partial charge >= 0.3 is 0 Å². The third-order valence-corrected chi connectivity index (χ3v) is 4.03. The highest BCUT2D eigenvalue weighted by atomic mass is 35.5. The van der Waals surface area contributed by atoms with Crippen molar-refractivity contribution in [2.75, 3.05) is 20.1 Å². The molecule has 3 rings (SSSR count). The Morgan fingerprint density at radius 3 is 2.76 bits per heavy atom. The number of nitrogens with zero attached hydrogens (tertiary/aromatic N) is 3. The van der Waals surface area contributed by atoms with Gasteiger partial charge in [0.2, 0.25) is 0 Å². The van der Waals surface area contributed by atoms with Crippen molar-refractivity contribution in [3.8, 4) is 5.69 Å². The molecule has 21 heavy (non-hydrogen) atoms. The SMILES string of the molecule is CNC1CCCN(Cc2ccc(-n3cccn3)cc2)C1.Cl. The number of rotatable bonds is 4. The van der Waals surface area contributed by atoms with Crippen molar-refractivity contribution in [1.82, 2.24) is 20.0 Å². The Balaban J connectivity index is 0.00000161. The molecule has 1 aromatic carbocycles. The van der Waals surface area contributed by atoms with Gasteiger partial charge in [0.25, 0.3) is 0 Å². The highest BCUT2D eigenvalue weighted by molar-refractivity contribution is 5.85. The Morgan fingerprint density at radius 1 is 1.29 bits per heavy atom. The van der Waals surface area contributed by atoms with Crippen molar-refractivity contribution in [1.29, 1.82) is 0 Å². The van der Waals surface area contributed by atoms with Gasteiger partial charge in [-0.3, -0.25) is 4.90 Å². The lowest BCUT2D eigenvalue weighted by atomic mass is 10.0. The van der Waals surface area contributed by atoms with Crippen LogP contribution in [-0.2, 0) is 6.54 Å². The predicted molar refractivity (Wildman–Crippen MR) is 88.2 cm³/mol. The van der Waals surface area contributed by atoms with Crippen LogP contribution in [0.25, 0.3) is 5.69 Å². The normalized spacial score (nSPS) is 19.2. The molecule has 1 fully saturated rings. The van der Waals surface area contributed by atoms with Crippen molar-refractivity contribution in [3.05, 3.63) is 48.3 Å². The van der Waals surface area contributed by atoms with E-state index in [9.17, 15) is 0 Å². The van der Waals surface area contributed by atoms with E-state index in [1.807, 2.05) is 16.9 Å². The fourth-order valence-corrected chi connectivity index (χ4v) is 2.87. The topological polar surface area (TPSA) is 33.1 Å². The molecule has 0 amide bonds. The zero-order valence-electron chi connectivity index (χ0n) is 12.4. The van der Waals surface area contributed by atoms with Gasteiger partial charge in [0.15, 0.2) is 0 Å². The van der Waals surface area contributed by atoms with Gasteiger partial charge in [-0.2, -0.15) is 5.10 Å². The Bertz CT molecular complexity index is 524. The molecule has 0 saturated carbocycles. The second-order valence-electron chi connectivity index (χ2n) is 5.48. The van der Waals surface area contributed by atoms with E-state index in [-0.39, 0.29) is 12.4 Å². The highest BCUT2D eigenvalue weighted by Crippen LogP contribution is 2.15. The first kappa shape index (κ1) is 16.0. The van der Waals surface area contributed by atoms with Gasteiger partial charge in [0, 0.05) is 31.5 Å². The van der Waals surface area contributed by atoms with Gasteiger partial charge in [-0.25, -0.2) is 4.68 Å². The molecule has 0 spiro atoms. The number of likely N-dealkylation sites (tertiary alicyclic amines) is 1. The number of nitrogens with one attached hydrogen (secondary N) is 1. The molecule has 0 bridgehead atoms. The maximum absolute atomic E-state index is 4.25. The average molecular weight is 307 g/mol. The third kappa shape index (κ3) is 4.06. The van der Waals surface area contributed by atoms with Crippen molar-refractivity contribution in [3.63, 3.8) is 0 Å². The standard InChI is InChI=1S/C16H22N4.ClH/c1-17-15-4-2-10-19(13-15)12-14-5-7-16(8-6-14)20-11-3-9-18-20;/h3,5-9,11,15,17H,2,4,10,12-13H2,1H3;1H. The predicted octanol–water partition coefficient (Wildman–Crippen LogP) is 2.48. The summed E-state index contributed by atoms with van der Waals surface area (Å²) in [4.78, 5) is 2.54. The molecule has 0 aliphatic carbocycles. The molecule has 2 aromatic rings. The van der Waals surface area contributed by atoms with Crippen LogP contribution in [0.4, 0.5) is 0 Å². The van der Waals surface area contributed by atoms with Crippen molar-refractivity contribution in [2.45, 2.75) is 25.4 Å². The monoisotopic (exact) mass is 306 g/mol. The number of halogens is 1. The summed E-state index contributed by atoms with van der Waals surface area (Å²) in [6.07, 6.45) is 6.36. The van der Waals surface area contributed by atoms with Crippen molar-refractivity contribution < 1.29 is 0 Å². The summed E-state index contributed by atoms with van der Waals surface area (Å²) in [5, 5.41) is 7.64. The third-order valence-electron chi connectivity index (χ3n) is 4.03. The summed E-state index contributed by atoms with van der Waals surface area (Å²) < 4.78 is 1.89. The van der Waals surface area contributed by atoms with Crippen LogP contribution in [0.1, 0.15) is 18.4 Å². The number of hydrogen-bond donors (Lipinski definition) is 1. The van der Waals surface area contributed by atoms with E-state index < -0.39 is 0 Å².